The van der Waals surface area contributed by atoms with Crippen LogP contribution in [0.15, 0.2) is 243 Å². The number of aryl methyl sites for hydroxylation is 4. The Morgan fingerprint density at radius 1 is 0.426 bits per heavy atom. The van der Waals surface area contributed by atoms with E-state index < -0.39 is 0 Å². The Bertz CT molecular complexity index is 7330. The number of nitrogens with one attached hydrogen (secondary N) is 5. The zero-order chi connectivity index (χ0) is 82.4. The van der Waals surface area contributed by atoms with Crippen molar-refractivity contribution < 1.29 is 0 Å². The van der Waals surface area contributed by atoms with Gasteiger partial charge in [0.25, 0.3) is 0 Å². The van der Waals surface area contributed by atoms with Crippen LogP contribution in [0.2, 0.25) is 0 Å². The quantitative estimate of drug-likeness (QED) is 0.0600. The highest BCUT2D eigenvalue weighted by Crippen LogP contribution is 2.47. The molecule has 0 radical (unpaired) electrons. The Kier molecular flexibility index (Phi) is 22.1. The molecule has 18 heterocycles. The summed E-state index contributed by atoms with van der Waals surface area (Å²) in [6.45, 7) is 10.9. The number of thiazole rings is 6. The lowest BCUT2D eigenvalue weighted by molar-refractivity contribution is 0.653. The van der Waals surface area contributed by atoms with Crippen molar-refractivity contribution in [1.82, 2.24) is 140 Å². The molecule has 1 aliphatic rings. The number of thiophene rings is 1. The number of pyridine rings is 3. The third-order valence-corrected chi connectivity index (χ3v) is 26.5. The van der Waals surface area contributed by atoms with E-state index in [1.165, 1.54) is 37.2 Å². The zero-order valence-electron chi connectivity index (χ0n) is 65.3. The summed E-state index contributed by atoms with van der Waals surface area (Å²) in [7, 11) is 0. The highest BCUT2D eigenvalue weighted by Gasteiger charge is 2.27. The Balaban J connectivity index is 0.000000100. The summed E-state index contributed by atoms with van der Waals surface area (Å²) >= 11 is 11.4. The van der Waals surface area contributed by atoms with Crippen LogP contribution in [0.3, 0.4) is 0 Å². The smallest absolute Gasteiger partial charge is 0.194 e. The van der Waals surface area contributed by atoms with Gasteiger partial charge in [-0.1, -0.05) is 146 Å². The first-order valence-electron chi connectivity index (χ1n) is 38.2. The van der Waals surface area contributed by atoms with Crippen LogP contribution < -0.4 is 0 Å². The van der Waals surface area contributed by atoms with E-state index in [0.29, 0.717) is 0 Å². The molecule has 0 spiro atoms. The van der Waals surface area contributed by atoms with E-state index in [1.807, 2.05) is 189 Å². The van der Waals surface area contributed by atoms with Gasteiger partial charge in [-0.25, -0.2) is 59.3 Å². The third kappa shape index (κ3) is 15.8. The Morgan fingerprint density at radius 2 is 0.910 bits per heavy atom. The Morgan fingerprint density at radius 3 is 1.43 bits per heavy atom. The maximum atomic E-state index is 4.95. The second-order valence-electron chi connectivity index (χ2n) is 27.0. The number of rotatable bonds is 16. The van der Waals surface area contributed by atoms with E-state index >= 15 is 0 Å². The van der Waals surface area contributed by atoms with Gasteiger partial charge in [0.1, 0.15) is 62.4 Å². The van der Waals surface area contributed by atoms with E-state index in [-0.39, 0.29) is 0 Å². The number of aromatic amines is 5. The zero-order valence-corrected chi connectivity index (χ0v) is 71.0. The molecule has 0 fully saturated rings. The van der Waals surface area contributed by atoms with E-state index in [0.717, 1.165) is 214 Å². The van der Waals surface area contributed by atoms with E-state index in [4.69, 9.17) is 24.9 Å². The van der Waals surface area contributed by atoms with Crippen LogP contribution >= 0.6 is 79.4 Å². The maximum Gasteiger partial charge on any atom is 0.194 e. The van der Waals surface area contributed by atoms with Crippen molar-refractivity contribution in [3.8, 4) is 152 Å². The molecular formula is C87H66N28S7. The van der Waals surface area contributed by atoms with Crippen molar-refractivity contribution >= 4 is 112 Å². The molecule has 0 saturated carbocycles. The van der Waals surface area contributed by atoms with E-state index in [2.05, 4.69) is 185 Å². The average molecular weight is 1730 g/mol. The van der Waals surface area contributed by atoms with Gasteiger partial charge in [-0.15, -0.1) is 79.4 Å². The van der Waals surface area contributed by atoms with Gasteiger partial charge in [-0.3, -0.25) is 44.5 Å². The molecule has 23 rings (SSSR count). The fourth-order valence-corrected chi connectivity index (χ4v) is 21.0. The molecule has 0 bridgehead atoms. The summed E-state index contributed by atoms with van der Waals surface area (Å²) in [5, 5.41) is 52.6. The van der Waals surface area contributed by atoms with Crippen LogP contribution in [0.4, 0.5) is 0 Å². The molecule has 0 amide bonds. The topological polar surface area (TPSA) is 350 Å². The molecule has 28 nitrogen and oxygen atoms in total. The van der Waals surface area contributed by atoms with Crippen molar-refractivity contribution in [3.63, 3.8) is 0 Å². The molecule has 4 aromatic carbocycles. The van der Waals surface area contributed by atoms with Crippen molar-refractivity contribution in [2.75, 3.05) is 0 Å². The third-order valence-electron chi connectivity index (χ3n) is 19.4. The van der Waals surface area contributed by atoms with Gasteiger partial charge in [0, 0.05) is 88.3 Å². The molecule has 122 heavy (non-hydrogen) atoms. The highest BCUT2D eigenvalue weighted by atomic mass is 32.1. The normalized spacial score (nSPS) is 11.6. The van der Waals surface area contributed by atoms with Crippen molar-refractivity contribution in [1.29, 1.82) is 0 Å². The number of allylic oxidation sites excluding steroid dienone is 2. The van der Waals surface area contributed by atoms with E-state index in [1.54, 1.807) is 79.4 Å². The number of nitrogens with zero attached hydrogens (tertiary/aromatic N) is 23. The van der Waals surface area contributed by atoms with Gasteiger partial charge in [0.15, 0.2) is 34.1 Å². The fraction of sp³-hybridized carbons (Fsp3) is 0.0805. The second kappa shape index (κ2) is 34.8. The summed E-state index contributed by atoms with van der Waals surface area (Å²) in [6.07, 6.45) is 26.4. The standard InChI is InChI=1S/C19H13N5S.C18H11N5S2.C17H12N6S2.C17H16N6S.C16H14N6S/c1-2-5-12(6-3-1)16-17(18-21-11-22-24-18)25-19(23-16)14-9-10-20-15-8-4-7-13(14)15;1-2-4-11(5-3-1)14-16(17-20-10-21-23-17)25-18(22-14)12-6-8-19-13-7-9-24-15(12)13;1-10-13(23-7-8-24-17(23)20-10)16-21-12(11-5-3-2-4-6-11)14(25-16)15-18-9-19-22-15;1-3-23-9-13(11(2)22-23)17-20-14(12-7-5-4-6-8-12)15(24-17)16-18-10-19-21-16;1-3-6-11-14(15-17-9-18-20-15)23-16(19-11)13-10(2)21-22-8-5-4-7-12(13)22/h1-7,9-11H,8H2,(H,21,22,24);1-10H,(H,20,21,23);2-9H,1H3,(H,18,19,22);4-10H,3H2,1-2H3,(H,18,19,21);3-9H,1-2H3,(H,17,18,20)/b;;;;6-3+. The number of hydrogen-bond donors (Lipinski definition) is 5. The molecule has 22 aromatic rings. The number of aromatic nitrogens is 28. The first-order valence-corrected chi connectivity index (χ1v) is 44.0. The summed E-state index contributed by atoms with van der Waals surface area (Å²) in [5.41, 5.74) is 21.4. The molecule has 0 aliphatic heterocycles. The lowest BCUT2D eigenvalue weighted by atomic mass is 10.1. The predicted molar refractivity (Wildman–Crippen MR) is 486 cm³/mol. The van der Waals surface area contributed by atoms with Crippen LogP contribution in [-0.4, -0.2) is 140 Å². The minimum absolute atomic E-state index is 0.728. The van der Waals surface area contributed by atoms with Crippen LogP contribution in [-0.2, 0) is 13.0 Å². The molecule has 0 saturated heterocycles. The minimum Gasteiger partial charge on any atom is -0.288 e. The van der Waals surface area contributed by atoms with Gasteiger partial charge in [0.2, 0.25) is 0 Å². The first-order chi connectivity index (χ1) is 60.1. The van der Waals surface area contributed by atoms with Crippen LogP contribution in [0.25, 0.3) is 184 Å². The predicted octanol–water partition coefficient (Wildman–Crippen LogP) is 20.7. The molecular weight excluding hydrogens is 1660 g/mol. The minimum atomic E-state index is 0.728. The van der Waals surface area contributed by atoms with Crippen LogP contribution in [0, 0.1) is 20.8 Å². The van der Waals surface area contributed by atoms with Crippen molar-refractivity contribution in [3.05, 3.63) is 277 Å². The lowest BCUT2D eigenvalue weighted by Gasteiger charge is -2.03. The van der Waals surface area contributed by atoms with Crippen molar-refractivity contribution in [2.24, 2.45) is 0 Å². The monoisotopic (exact) mass is 1730 g/mol. The maximum absolute atomic E-state index is 4.95. The number of fused-ring (bicyclic) bond motifs is 4. The van der Waals surface area contributed by atoms with Gasteiger partial charge < -0.3 is 0 Å². The number of benzene rings is 4. The summed E-state index contributed by atoms with van der Waals surface area (Å²) < 4.78 is 7.07. The van der Waals surface area contributed by atoms with Gasteiger partial charge >= 0.3 is 0 Å². The summed E-state index contributed by atoms with van der Waals surface area (Å²) in [6, 6.07) is 52.7. The SMILES string of the molecule is C/C=C/c1nc(-c2c(C)nn3ccccc23)sc1-c1ncn[nH]1.C1=Cc2c(-c3nc(-c4ccccc4)c(-c4ncn[nH]4)s3)ccnc2C1.CCn1cc(-c2nc(-c3ccccc3)c(-c3ncn[nH]3)s2)c(C)n1.Cc1nc2sccn2c1-c1nc(-c2ccccc2)c(-c2ncn[nH]2)s1.c1ccc(-c2nc(-c3ccnc4ccsc34)sc2-c2ncn[nH]2)cc1. The fourth-order valence-electron chi connectivity index (χ4n) is 13.8. The van der Waals surface area contributed by atoms with Gasteiger partial charge in [-0.05, 0) is 76.4 Å². The lowest BCUT2D eigenvalue weighted by Crippen LogP contribution is -1.93. The number of H-pyrrole nitrogens is 5. The molecule has 35 heteroatoms. The van der Waals surface area contributed by atoms with E-state index in [9.17, 15) is 0 Å². The molecule has 0 unspecified atom stereocenters. The molecule has 5 N–H and O–H groups in total. The first kappa shape index (κ1) is 77.5. The molecule has 1 aliphatic carbocycles. The largest absolute Gasteiger partial charge is 0.288 e. The summed E-state index contributed by atoms with van der Waals surface area (Å²) in [4.78, 5) is 65.5. The molecule has 596 valence electrons. The highest BCUT2D eigenvalue weighted by molar-refractivity contribution is 7.21. The van der Waals surface area contributed by atoms with Crippen molar-refractivity contribution in [2.45, 2.75) is 47.6 Å². The van der Waals surface area contributed by atoms with Gasteiger partial charge in [0.05, 0.1) is 102 Å². The second-order valence-corrected chi connectivity index (χ2v) is 33.8. The van der Waals surface area contributed by atoms with Crippen LogP contribution in [0.5, 0.6) is 0 Å². The Hall–Kier alpha value is -14.5. The Labute approximate surface area is 722 Å². The number of imidazole rings is 1. The molecule has 0 atom stereocenters. The number of hydrogen-bond acceptors (Lipinski definition) is 27. The average Bonchev–Trinajstić information content (AvgIpc) is 1.59. The summed E-state index contributed by atoms with van der Waals surface area (Å²) in [5.74, 6) is 3.67. The van der Waals surface area contributed by atoms with Gasteiger partial charge in [-0.2, -0.15) is 35.7 Å². The van der Waals surface area contributed by atoms with Crippen LogP contribution in [0.1, 0.15) is 47.9 Å². The molecule has 18 aromatic heterocycles.